The Labute approximate surface area is 124 Å². The van der Waals surface area contributed by atoms with E-state index >= 15 is 0 Å². The van der Waals surface area contributed by atoms with Crippen LogP contribution in [-0.4, -0.2) is 22.1 Å². The molecule has 8 heteroatoms. The summed E-state index contributed by atoms with van der Waals surface area (Å²) in [5.41, 5.74) is 0.175. The third-order valence-corrected chi connectivity index (χ3v) is 3.10. The maximum atomic E-state index is 11.1. The molecular weight excluding hydrogens is 311 g/mol. The lowest BCUT2D eigenvalue weighted by Gasteiger charge is -2.12. The number of halogens is 2. The van der Waals surface area contributed by atoms with Crippen molar-refractivity contribution in [3.05, 3.63) is 27.7 Å². The summed E-state index contributed by atoms with van der Waals surface area (Å²) in [5.74, 6) is -1.42. The Morgan fingerprint density at radius 1 is 1.37 bits per heavy atom. The van der Waals surface area contributed by atoms with E-state index in [1.165, 1.54) is 12.1 Å². The third kappa shape index (κ3) is 4.34. The summed E-state index contributed by atoms with van der Waals surface area (Å²) in [5, 5.41) is 14.2. The van der Waals surface area contributed by atoms with Crippen LogP contribution in [0.5, 0.6) is 0 Å². The minimum Gasteiger partial charge on any atom is -0.478 e. The number of rotatable bonds is 3. The first-order valence-corrected chi connectivity index (χ1v) is 6.34. The summed E-state index contributed by atoms with van der Waals surface area (Å²) >= 11 is 16.6. The Hall–Kier alpha value is -1.37. The van der Waals surface area contributed by atoms with Gasteiger partial charge in [0.25, 0.3) is 0 Å². The van der Waals surface area contributed by atoms with Crippen LogP contribution >= 0.6 is 35.4 Å². The number of aromatic carboxylic acids is 1. The molecule has 0 radical (unpaired) electrons. The van der Waals surface area contributed by atoms with Gasteiger partial charge in [0.1, 0.15) is 0 Å². The monoisotopic (exact) mass is 320 g/mol. The molecule has 0 aliphatic rings. The van der Waals surface area contributed by atoms with Crippen molar-refractivity contribution < 1.29 is 14.7 Å². The van der Waals surface area contributed by atoms with E-state index in [0.717, 1.165) is 0 Å². The second-order valence-corrected chi connectivity index (χ2v) is 4.67. The first kappa shape index (κ1) is 15.7. The molecule has 1 amide bonds. The zero-order chi connectivity index (χ0) is 14.6. The number of amides is 1. The Morgan fingerprint density at radius 3 is 2.53 bits per heavy atom. The molecule has 3 N–H and O–H groups in total. The van der Waals surface area contributed by atoms with Crippen LogP contribution in [0.4, 0.5) is 5.69 Å². The van der Waals surface area contributed by atoms with Gasteiger partial charge in [0.15, 0.2) is 5.11 Å². The highest BCUT2D eigenvalue weighted by Gasteiger charge is 2.13. The molecule has 5 nitrogen and oxygen atoms in total. The van der Waals surface area contributed by atoms with Crippen molar-refractivity contribution in [2.24, 2.45) is 0 Å². The van der Waals surface area contributed by atoms with Crippen molar-refractivity contribution in [1.82, 2.24) is 5.32 Å². The van der Waals surface area contributed by atoms with E-state index in [1.807, 2.05) is 0 Å². The molecule has 0 aliphatic heterocycles. The molecule has 0 bridgehead atoms. The Bertz CT molecular complexity index is 549. The molecule has 0 atom stereocenters. The fraction of sp³-hybridized carbons (Fsp3) is 0.182. The number of hydrogen-bond donors (Lipinski definition) is 3. The molecular formula is C11H10Cl2N2O3S. The third-order valence-electron chi connectivity index (χ3n) is 2.10. The number of benzene rings is 1. The summed E-state index contributed by atoms with van der Waals surface area (Å²) < 4.78 is 0. The normalized spacial score (nSPS) is 9.84. The first-order chi connectivity index (χ1) is 8.85. The van der Waals surface area contributed by atoms with Crippen LogP contribution in [0.3, 0.4) is 0 Å². The maximum Gasteiger partial charge on any atom is 0.335 e. The van der Waals surface area contributed by atoms with Crippen LogP contribution in [0.1, 0.15) is 23.7 Å². The summed E-state index contributed by atoms with van der Waals surface area (Å²) in [6, 6.07) is 2.51. The van der Waals surface area contributed by atoms with Crippen molar-refractivity contribution >= 4 is 58.1 Å². The van der Waals surface area contributed by atoms with E-state index in [9.17, 15) is 9.59 Å². The molecule has 19 heavy (non-hydrogen) atoms. The smallest absolute Gasteiger partial charge is 0.335 e. The van der Waals surface area contributed by atoms with Gasteiger partial charge in [0, 0.05) is 6.42 Å². The number of carbonyl (C=O) groups is 2. The average molecular weight is 321 g/mol. The largest absolute Gasteiger partial charge is 0.478 e. The molecule has 1 aromatic carbocycles. The molecule has 0 spiro atoms. The molecule has 102 valence electrons. The highest BCUT2D eigenvalue weighted by atomic mass is 35.5. The quantitative estimate of drug-likeness (QED) is 0.746. The summed E-state index contributed by atoms with van der Waals surface area (Å²) in [6.45, 7) is 1.67. The zero-order valence-electron chi connectivity index (χ0n) is 9.79. The molecule has 0 aromatic heterocycles. The topological polar surface area (TPSA) is 78.4 Å². The van der Waals surface area contributed by atoms with Crippen molar-refractivity contribution in [1.29, 1.82) is 0 Å². The number of hydrogen-bond acceptors (Lipinski definition) is 3. The predicted molar refractivity (Wildman–Crippen MR) is 78.1 cm³/mol. The van der Waals surface area contributed by atoms with E-state index in [2.05, 4.69) is 10.6 Å². The van der Waals surface area contributed by atoms with Gasteiger partial charge in [-0.2, -0.15) is 0 Å². The summed E-state index contributed by atoms with van der Waals surface area (Å²) in [4.78, 5) is 22.0. The molecule has 0 saturated carbocycles. The van der Waals surface area contributed by atoms with Gasteiger partial charge in [-0.3, -0.25) is 4.79 Å². The van der Waals surface area contributed by atoms with Crippen molar-refractivity contribution in [3.8, 4) is 0 Å². The van der Waals surface area contributed by atoms with Gasteiger partial charge in [-0.1, -0.05) is 30.1 Å². The van der Waals surface area contributed by atoms with E-state index in [1.54, 1.807) is 6.92 Å². The van der Waals surface area contributed by atoms with E-state index in [-0.39, 0.29) is 38.7 Å². The van der Waals surface area contributed by atoms with Crippen LogP contribution in [0, 0.1) is 0 Å². The molecule has 0 heterocycles. The average Bonchev–Trinajstić information content (AvgIpc) is 2.34. The van der Waals surface area contributed by atoms with Crippen molar-refractivity contribution in [2.45, 2.75) is 13.3 Å². The minimum absolute atomic E-state index is 0.0207. The lowest BCUT2D eigenvalue weighted by molar-refractivity contribution is -0.119. The van der Waals surface area contributed by atoms with Gasteiger partial charge >= 0.3 is 5.97 Å². The van der Waals surface area contributed by atoms with Gasteiger partial charge in [0.2, 0.25) is 5.91 Å². The maximum absolute atomic E-state index is 11.1. The number of carbonyl (C=O) groups excluding carboxylic acids is 1. The van der Waals surface area contributed by atoms with Crippen LogP contribution in [0.2, 0.25) is 10.0 Å². The molecule has 0 unspecified atom stereocenters. The lowest BCUT2D eigenvalue weighted by atomic mass is 10.2. The Balaban J connectivity index is 2.97. The van der Waals surface area contributed by atoms with E-state index in [0.29, 0.717) is 0 Å². The fourth-order valence-electron chi connectivity index (χ4n) is 1.17. The molecule has 1 aromatic rings. The lowest BCUT2D eigenvalue weighted by Crippen LogP contribution is -2.33. The number of carboxylic acids is 1. The molecule has 0 aliphatic carbocycles. The number of nitrogens with one attached hydrogen (secondary N) is 2. The summed E-state index contributed by atoms with van der Waals surface area (Å²) in [7, 11) is 0. The van der Waals surface area contributed by atoms with Crippen molar-refractivity contribution in [2.75, 3.05) is 5.32 Å². The number of anilines is 1. The second kappa shape index (κ2) is 6.70. The van der Waals surface area contributed by atoms with Gasteiger partial charge < -0.3 is 15.7 Å². The van der Waals surface area contributed by atoms with E-state index in [4.69, 9.17) is 40.5 Å². The number of thiocarbonyl (C=S) groups is 1. The van der Waals surface area contributed by atoms with Gasteiger partial charge in [-0.05, 0) is 24.4 Å². The van der Waals surface area contributed by atoms with Crippen LogP contribution in [0.25, 0.3) is 0 Å². The van der Waals surface area contributed by atoms with Gasteiger partial charge in [0.05, 0.1) is 21.3 Å². The van der Waals surface area contributed by atoms with E-state index < -0.39 is 5.97 Å². The second-order valence-electron chi connectivity index (χ2n) is 3.48. The predicted octanol–water partition coefficient (Wildman–Crippen LogP) is 2.91. The Kier molecular flexibility index (Phi) is 5.53. The molecule has 1 rings (SSSR count). The highest BCUT2D eigenvalue weighted by molar-refractivity contribution is 7.80. The molecule has 0 fully saturated rings. The molecule has 0 saturated heterocycles. The fourth-order valence-corrected chi connectivity index (χ4v) is 1.77. The first-order valence-electron chi connectivity index (χ1n) is 5.18. The minimum atomic E-state index is -1.15. The van der Waals surface area contributed by atoms with Gasteiger partial charge in [-0.25, -0.2) is 4.79 Å². The Morgan fingerprint density at radius 2 is 2.00 bits per heavy atom. The number of carboxylic acid groups (broad SMARTS) is 1. The van der Waals surface area contributed by atoms with Crippen LogP contribution in [-0.2, 0) is 4.79 Å². The van der Waals surface area contributed by atoms with Crippen molar-refractivity contribution in [3.63, 3.8) is 0 Å². The highest BCUT2D eigenvalue weighted by Crippen LogP contribution is 2.31. The SMILES string of the molecule is CCC(=O)NC(=S)Nc1cc(C(=O)O)cc(Cl)c1Cl. The van der Waals surface area contributed by atoms with Crippen LogP contribution in [0.15, 0.2) is 12.1 Å². The standard InChI is InChI=1S/C11H10Cl2N2O3S/c1-2-8(16)15-11(19)14-7-4-5(10(17)18)3-6(12)9(7)13/h3-4H,2H2,1H3,(H,17,18)(H2,14,15,16,19). The summed E-state index contributed by atoms with van der Waals surface area (Å²) in [6.07, 6.45) is 0.269. The van der Waals surface area contributed by atoms with Crippen LogP contribution < -0.4 is 10.6 Å². The zero-order valence-corrected chi connectivity index (χ0v) is 12.1. The van der Waals surface area contributed by atoms with Gasteiger partial charge in [-0.15, -0.1) is 0 Å².